The molecule has 1 N–H and O–H groups in total. The minimum Gasteiger partial charge on any atom is -0.348 e. The van der Waals surface area contributed by atoms with Crippen molar-refractivity contribution in [3.05, 3.63) is 60.4 Å². The Morgan fingerprint density at radius 3 is 2.36 bits per heavy atom. The van der Waals surface area contributed by atoms with Crippen LogP contribution in [0.5, 0.6) is 0 Å². The molecule has 0 fully saturated rings. The van der Waals surface area contributed by atoms with Crippen molar-refractivity contribution >= 4 is 28.5 Å². The molecular formula is C22H26N4O2. The Bertz CT molecular complexity index is 987. The van der Waals surface area contributed by atoms with Gasteiger partial charge in [-0.2, -0.15) is 0 Å². The monoisotopic (exact) mass is 378 g/mol. The fourth-order valence-electron chi connectivity index (χ4n) is 2.90. The molecule has 3 aromatic rings. The number of nitrogens with zero attached hydrogens (tertiary/aromatic N) is 3. The molecule has 6 heteroatoms. The molecule has 0 atom stereocenters. The first-order chi connectivity index (χ1) is 13.3. The van der Waals surface area contributed by atoms with Crippen molar-refractivity contribution in [1.29, 1.82) is 0 Å². The third-order valence-corrected chi connectivity index (χ3v) is 4.63. The molecule has 0 aliphatic rings. The van der Waals surface area contributed by atoms with Crippen LogP contribution in [0.1, 0.15) is 26.6 Å². The third-order valence-electron chi connectivity index (χ3n) is 4.63. The predicted molar refractivity (Wildman–Crippen MR) is 111 cm³/mol. The molecule has 1 aromatic heterocycles. The van der Waals surface area contributed by atoms with Crippen LogP contribution in [0, 0.1) is 5.41 Å². The number of para-hydroxylation sites is 3. The van der Waals surface area contributed by atoms with Crippen LogP contribution >= 0.6 is 0 Å². The van der Waals surface area contributed by atoms with Crippen LogP contribution in [-0.4, -0.2) is 28.4 Å². The van der Waals surface area contributed by atoms with Crippen molar-refractivity contribution in [1.82, 2.24) is 14.9 Å². The second kappa shape index (κ2) is 7.84. The van der Waals surface area contributed by atoms with Gasteiger partial charge in [0.1, 0.15) is 12.4 Å². The Kier molecular flexibility index (Phi) is 5.49. The number of carbonyl (C=O) groups excluding carboxylic acids is 2. The molecule has 146 valence electrons. The molecule has 0 saturated heterocycles. The van der Waals surface area contributed by atoms with E-state index in [1.807, 2.05) is 79.9 Å². The number of hydrogen-bond donors (Lipinski definition) is 1. The Morgan fingerprint density at radius 1 is 1.04 bits per heavy atom. The lowest BCUT2D eigenvalue weighted by Crippen LogP contribution is -2.35. The van der Waals surface area contributed by atoms with E-state index in [0.29, 0.717) is 5.82 Å². The van der Waals surface area contributed by atoms with Gasteiger partial charge in [0, 0.05) is 18.2 Å². The second-order valence-electron chi connectivity index (χ2n) is 7.82. The van der Waals surface area contributed by atoms with E-state index in [1.54, 1.807) is 11.9 Å². The zero-order chi connectivity index (χ0) is 20.3. The Hall–Kier alpha value is -3.15. The fourth-order valence-corrected chi connectivity index (χ4v) is 2.90. The van der Waals surface area contributed by atoms with E-state index in [1.165, 1.54) is 0 Å². The van der Waals surface area contributed by atoms with Crippen LogP contribution < -0.4 is 10.2 Å². The summed E-state index contributed by atoms with van der Waals surface area (Å²) < 4.78 is 1.88. The summed E-state index contributed by atoms with van der Waals surface area (Å²) in [5, 5.41) is 2.93. The molecular weight excluding hydrogens is 352 g/mol. The fraction of sp³-hybridized carbons (Fsp3) is 0.318. The van der Waals surface area contributed by atoms with Crippen LogP contribution in [0.3, 0.4) is 0 Å². The van der Waals surface area contributed by atoms with Crippen LogP contribution in [0.25, 0.3) is 11.0 Å². The minimum absolute atomic E-state index is 0.0566. The zero-order valence-corrected chi connectivity index (χ0v) is 16.8. The van der Waals surface area contributed by atoms with Gasteiger partial charge in [0.05, 0.1) is 17.6 Å². The largest absolute Gasteiger partial charge is 0.348 e. The van der Waals surface area contributed by atoms with Crippen molar-refractivity contribution < 1.29 is 9.59 Å². The quantitative estimate of drug-likeness (QED) is 0.740. The van der Waals surface area contributed by atoms with Gasteiger partial charge in [0.25, 0.3) is 0 Å². The summed E-state index contributed by atoms with van der Waals surface area (Å²) in [5.41, 5.74) is 2.02. The number of anilines is 1. The summed E-state index contributed by atoms with van der Waals surface area (Å²) in [6.45, 7) is 6.01. The molecule has 0 radical (unpaired) electrons. The van der Waals surface area contributed by atoms with E-state index in [4.69, 9.17) is 0 Å². The van der Waals surface area contributed by atoms with Gasteiger partial charge in [-0.15, -0.1) is 0 Å². The first kappa shape index (κ1) is 19.6. The van der Waals surface area contributed by atoms with Crippen molar-refractivity contribution in [2.24, 2.45) is 5.41 Å². The zero-order valence-electron chi connectivity index (χ0n) is 16.8. The molecule has 0 unspecified atom stereocenters. The highest BCUT2D eigenvalue weighted by Crippen LogP contribution is 2.19. The minimum atomic E-state index is -0.486. The Morgan fingerprint density at radius 2 is 1.68 bits per heavy atom. The van der Waals surface area contributed by atoms with Crippen molar-refractivity contribution in [3.63, 3.8) is 0 Å². The van der Waals surface area contributed by atoms with Gasteiger partial charge in [0.2, 0.25) is 11.8 Å². The van der Waals surface area contributed by atoms with Crippen molar-refractivity contribution in [2.45, 2.75) is 33.9 Å². The van der Waals surface area contributed by atoms with E-state index in [9.17, 15) is 9.59 Å². The Labute approximate surface area is 165 Å². The maximum atomic E-state index is 12.9. The summed E-state index contributed by atoms with van der Waals surface area (Å²) in [6.07, 6.45) is 0. The second-order valence-corrected chi connectivity index (χ2v) is 7.82. The van der Waals surface area contributed by atoms with Gasteiger partial charge in [-0.25, -0.2) is 4.98 Å². The van der Waals surface area contributed by atoms with E-state index in [2.05, 4.69) is 10.3 Å². The molecule has 0 saturated carbocycles. The van der Waals surface area contributed by atoms with E-state index < -0.39 is 5.41 Å². The molecule has 2 aromatic carbocycles. The number of fused-ring (bicyclic) bond motifs is 1. The van der Waals surface area contributed by atoms with Gasteiger partial charge in [-0.1, -0.05) is 51.1 Å². The van der Waals surface area contributed by atoms with E-state index in [-0.39, 0.29) is 24.9 Å². The van der Waals surface area contributed by atoms with Gasteiger partial charge >= 0.3 is 0 Å². The smallest absolute Gasteiger partial charge is 0.246 e. The molecule has 2 amide bonds. The highest BCUT2D eigenvalue weighted by Gasteiger charge is 2.22. The molecule has 1 heterocycles. The van der Waals surface area contributed by atoms with Crippen LogP contribution in [0.2, 0.25) is 0 Å². The summed E-state index contributed by atoms with van der Waals surface area (Å²) in [6, 6.07) is 17.2. The maximum Gasteiger partial charge on any atom is 0.246 e. The maximum absolute atomic E-state index is 12.9. The number of amides is 2. The number of benzene rings is 2. The summed E-state index contributed by atoms with van der Waals surface area (Å²) in [7, 11) is 1.76. The van der Waals surface area contributed by atoms with Gasteiger partial charge in [-0.05, 0) is 24.3 Å². The molecule has 0 spiro atoms. The number of nitrogens with one attached hydrogen (secondary N) is 1. The number of likely N-dealkylation sites (N-methyl/N-ethyl adjacent to an activating group) is 1. The normalized spacial score (nSPS) is 11.4. The lowest BCUT2D eigenvalue weighted by atomic mass is 9.96. The molecule has 28 heavy (non-hydrogen) atoms. The molecule has 0 aliphatic heterocycles. The first-order valence-electron chi connectivity index (χ1n) is 9.31. The van der Waals surface area contributed by atoms with E-state index in [0.717, 1.165) is 16.7 Å². The SMILES string of the molecule is CN(C(=O)Cn1c(CNC(=O)C(C)(C)C)nc2ccccc21)c1ccccc1. The number of rotatable bonds is 5. The first-order valence-corrected chi connectivity index (χ1v) is 9.31. The molecule has 6 nitrogen and oxygen atoms in total. The van der Waals surface area contributed by atoms with Crippen LogP contribution in [-0.2, 0) is 22.7 Å². The number of carbonyl (C=O) groups is 2. The standard InChI is InChI=1S/C22H26N4O2/c1-22(2,3)21(28)23-14-19-24-17-12-8-9-13-18(17)26(19)15-20(27)25(4)16-10-6-5-7-11-16/h5-13H,14-15H2,1-4H3,(H,23,28). The van der Waals surface area contributed by atoms with Crippen LogP contribution in [0.15, 0.2) is 54.6 Å². The molecule has 0 bridgehead atoms. The van der Waals surface area contributed by atoms with Crippen molar-refractivity contribution in [2.75, 3.05) is 11.9 Å². The lowest BCUT2D eigenvalue weighted by molar-refractivity contribution is -0.128. The van der Waals surface area contributed by atoms with Gasteiger partial charge in [-0.3, -0.25) is 9.59 Å². The number of hydrogen-bond acceptors (Lipinski definition) is 3. The molecule has 3 rings (SSSR count). The van der Waals surface area contributed by atoms with Crippen molar-refractivity contribution in [3.8, 4) is 0 Å². The highest BCUT2D eigenvalue weighted by molar-refractivity contribution is 5.93. The predicted octanol–water partition coefficient (Wildman–Crippen LogP) is 3.36. The Balaban J connectivity index is 1.86. The highest BCUT2D eigenvalue weighted by atomic mass is 16.2. The average Bonchev–Trinajstić information content (AvgIpc) is 3.03. The average molecular weight is 378 g/mol. The van der Waals surface area contributed by atoms with Gasteiger partial charge < -0.3 is 14.8 Å². The molecule has 0 aliphatic carbocycles. The summed E-state index contributed by atoms with van der Waals surface area (Å²) in [5.74, 6) is 0.546. The number of imidazole rings is 1. The lowest BCUT2D eigenvalue weighted by Gasteiger charge is -2.20. The third kappa shape index (κ3) is 4.22. The number of aromatic nitrogens is 2. The topological polar surface area (TPSA) is 67.2 Å². The van der Waals surface area contributed by atoms with Crippen LogP contribution in [0.4, 0.5) is 5.69 Å². The van der Waals surface area contributed by atoms with E-state index >= 15 is 0 Å². The van der Waals surface area contributed by atoms with Gasteiger partial charge in [0.15, 0.2) is 0 Å². The summed E-state index contributed by atoms with van der Waals surface area (Å²) in [4.78, 5) is 31.4. The summed E-state index contributed by atoms with van der Waals surface area (Å²) >= 11 is 0.